The van der Waals surface area contributed by atoms with Crippen molar-refractivity contribution in [3.63, 3.8) is 0 Å². The van der Waals surface area contributed by atoms with Gasteiger partial charge in [-0.3, -0.25) is 4.90 Å². The number of piperazine rings is 1. The SMILES string of the molecule is Cc1ccc(F)c(OC(CCN2CCN(Cc3ccc4c(c3)OCO4)CC2)c2ccccc2)c1. The number of hydrogen-bond acceptors (Lipinski definition) is 5. The molecule has 5 rings (SSSR count). The minimum atomic E-state index is -0.316. The van der Waals surface area contributed by atoms with Crippen LogP contribution in [0.3, 0.4) is 0 Å². The van der Waals surface area contributed by atoms with E-state index in [0.29, 0.717) is 12.5 Å². The van der Waals surface area contributed by atoms with Gasteiger partial charge in [-0.05, 0) is 47.9 Å². The lowest BCUT2D eigenvalue weighted by Gasteiger charge is -2.35. The Balaban J connectivity index is 1.16. The molecule has 1 unspecified atom stereocenters. The molecule has 0 N–H and O–H groups in total. The van der Waals surface area contributed by atoms with Gasteiger partial charge in [0.25, 0.3) is 0 Å². The fourth-order valence-corrected chi connectivity index (χ4v) is 4.58. The predicted octanol–water partition coefficient (Wildman–Crippen LogP) is 5.19. The summed E-state index contributed by atoms with van der Waals surface area (Å²) in [6.07, 6.45) is 0.615. The summed E-state index contributed by atoms with van der Waals surface area (Å²) in [5.41, 5.74) is 3.31. The van der Waals surface area contributed by atoms with Crippen LogP contribution in [0.4, 0.5) is 4.39 Å². The highest BCUT2D eigenvalue weighted by Gasteiger charge is 2.22. The third-order valence-electron chi connectivity index (χ3n) is 6.54. The van der Waals surface area contributed by atoms with E-state index in [-0.39, 0.29) is 11.9 Å². The first-order valence-corrected chi connectivity index (χ1v) is 11.9. The molecule has 0 amide bonds. The highest BCUT2D eigenvalue weighted by Crippen LogP contribution is 2.33. The van der Waals surface area contributed by atoms with Crippen molar-refractivity contribution >= 4 is 0 Å². The second-order valence-electron chi connectivity index (χ2n) is 9.05. The van der Waals surface area contributed by atoms with Crippen LogP contribution in [0.1, 0.15) is 29.2 Å². The number of benzene rings is 3. The van der Waals surface area contributed by atoms with Crippen LogP contribution in [0.25, 0.3) is 0 Å². The van der Waals surface area contributed by atoms with Crippen molar-refractivity contribution in [1.82, 2.24) is 9.80 Å². The number of fused-ring (bicyclic) bond motifs is 1. The topological polar surface area (TPSA) is 34.2 Å². The number of rotatable bonds is 8. The minimum absolute atomic E-state index is 0.191. The molecule has 0 bridgehead atoms. The van der Waals surface area contributed by atoms with Crippen molar-refractivity contribution in [2.45, 2.75) is 26.0 Å². The Morgan fingerprint density at radius 1 is 0.882 bits per heavy atom. The molecule has 5 nitrogen and oxygen atoms in total. The van der Waals surface area contributed by atoms with Gasteiger partial charge in [-0.15, -0.1) is 0 Å². The van der Waals surface area contributed by atoms with Gasteiger partial charge in [0.05, 0.1) is 0 Å². The molecule has 1 atom stereocenters. The molecule has 0 aromatic heterocycles. The maximum Gasteiger partial charge on any atom is 0.231 e. The maximum absolute atomic E-state index is 14.4. The van der Waals surface area contributed by atoms with Crippen LogP contribution >= 0.6 is 0 Å². The Kier molecular flexibility index (Phi) is 6.97. The molecule has 3 aromatic carbocycles. The summed E-state index contributed by atoms with van der Waals surface area (Å²) in [4.78, 5) is 4.95. The largest absolute Gasteiger partial charge is 0.483 e. The Hall–Kier alpha value is -3.09. The van der Waals surface area contributed by atoms with E-state index >= 15 is 0 Å². The number of halogens is 1. The lowest BCUT2D eigenvalue weighted by molar-refractivity contribution is 0.105. The van der Waals surface area contributed by atoms with Gasteiger partial charge in [0.1, 0.15) is 6.10 Å². The van der Waals surface area contributed by atoms with Crippen LogP contribution in [0.5, 0.6) is 17.2 Å². The Morgan fingerprint density at radius 3 is 2.47 bits per heavy atom. The standard InChI is InChI=1S/C28H31FN2O3/c1-21-7-9-24(29)27(17-21)34-25(23-5-3-2-4-6-23)11-12-30-13-15-31(16-14-30)19-22-8-10-26-28(18-22)33-20-32-26/h2-10,17-18,25H,11-16,19-20H2,1H3. The molecular formula is C28H31FN2O3. The van der Waals surface area contributed by atoms with Crippen molar-refractivity contribution in [3.05, 3.63) is 89.2 Å². The van der Waals surface area contributed by atoms with E-state index in [9.17, 15) is 4.39 Å². The van der Waals surface area contributed by atoms with Crippen LogP contribution in [-0.2, 0) is 6.54 Å². The molecule has 0 saturated carbocycles. The van der Waals surface area contributed by atoms with Gasteiger partial charge >= 0.3 is 0 Å². The van der Waals surface area contributed by atoms with Crippen LogP contribution in [0, 0.1) is 12.7 Å². The fraction of sp³-hybridized carbons (Fsp3) is 0.357. The summed E-state index contributed by atoms with van der Waals surface area (Å²) < 4.78 is 31.5. The molecule has 2 heterocycles. The average molecular weight is 463 g/mol. The minimum Gasteiger partial charge on any atom is -0.483 e. The number of ether oxygens (including phenoxy) is 3. The van der Waals surface area contributed by atoms with E-state index in [1.165, 1.54) is 11.6 Å². The first kappa shape index (κ1) is 22.7. The molecule has 1 saturated heterocycles. The van der Waals surface area contributed by atoms with Crippen molar-refractivity contribution in [3.8, 4) is 17.2 Å². The summed E-state index contributed by atoms with van der Waals surface area (Å²) in [5, 5.41) is 0. The van der Waals surface area contributed by atoms with E-state index in [0.717, 1.165) is 68.3 Å². The Bertz CT molecular complexity index is 1100. The van der Waals surface area contributed by atoms with Gasteiger partial charge in [0, 0.05) is 45.7 Å². The number of nitrogens with zero attached hydrogens (tertiary/aromatic N) is 2. The normalized spacial score (nSPS) is 17.0. The second kappa shape index (κ2) is 10.5. The zero-order valence-electron chi connectivity index (χ0n) is 19.6. The molecule has 0 radical (unpaired) electrons. The summed E-state index contributed by atoms with van der Waals surface area (Å²) in [6, 6.07) is 21.3. The molecule has 0 aliphatic carbocycles. The predicted molar refractivity (Wildman–Crippen MR) is 130 cm³/mol. The van der Waals surface area contributed by atoms with Gasteiger partial charge in [0.15, 0.2) is 23.1 Å². The van der Waals surface area contributed by atoms with E-state index < -0.39 is 0 Å². The zero-order chi connectivity index (χ0) is 23.3. The lowest BCUT2D eigenvalue weighted by atomic mass is 10.1. The summed E-state index contributed by atoms with van der Waals surface area (Å²) in [5.74, 6) is 1.67. The highest BCUT2D eigenvalue weighted by molar-refractivity contribution is 5.44. The lowest BCUT2D eigenvalue weighted by Crippen LogP contribution is -2.46. The van der Waals surface area contributed by atoms with E-state index in [1.807, 2.05) is 31.2 Å². The molecular weight excluding hydrogens is 431 g/mol. The second-order valence-corrected chi connectivity index (χ2v) is 9.05. The van der Waals surface area contributed by atoms with Crippen molar-refractivity contribution in [2.24, 2.45) is 0 Å². The molecule has 1 fully saturated rings. The fourth-order valence-electron chi connectivity index (χ4n) is 4.58. The van der Waals surface area contributed by atoms with Crippen molar-refractivity contribution in [2.75, 3.05) is 39.5 Å². The monoisotopic (exact) mass is 462 g/mol. The molecule has 2 aliphatic rings. The maximum atomic E-state index is 14.4. The number of aryl methyl sites for hydroxylation is 1. The first-order chi connectivity index (χ1) is 16.6. The molecule has 6 heteroatoms. The van der Waals surface area contributed by atoms with Crippen molar-refractivity contribution < 1.29 is 18.6 Å². The zero-order valence-corrected chi connectivity index (χ0v) is 19.6. The van der Waals surface area contributed by atoms with Gasteiger partial charge in [-0.2, -0.15) is 0 Å². The third-order valence-corrected chi connectivity index (χ3v) is 6.54. The Labute approximate surface area is 200 Å². The summed E-state index contributed by atoms with van der Waals surface area (Å²) in [7, 11) is 0. The van der Waals surface area contributed by atoms with Gasteiger partial charge in [0.2, 0.25) is 6.79 Å². The van der Waals surface area contributed by atoms with Crippen LogP contribution in [0.15, 0.2) is 66.7 Å². The molecule has 3 aromatic rings. The van der Waals surface area contributed by atoms with E-state index in [2.05, 4.69) is 34.1 Å². The molecule has 0 spiro atoms. The van der Waals surface area contributed by atoms with Gasteiger partial charge in [-0.25, -0.2) is 4.39 Å². The van der Waals surface area contributed by atoms with Gasteiger partial charge in [-0.1, -0.05) is 42.5 Å². The summed E-state index contributed by atoms with van der Waals surface area (Å²) in [6.45, 7) is 8.11. The average Bonchev–Trinajstić information content (AvgIpc) is 3.33. The molecule has 34 heavy (non-hydrogen) atoms. The van der Waals surface area contributed by atoms with E-state index in [4.69, 9.17) is 14.2 Å². The molecule has 178 valence electrons. The summed E-state index contributed by atoms with van der Waals surface area (Å²) >= 11 is 0. The third kappa shape index (κ3) is 5.51. The van der Waals surface area contributed by atoms with E-state index in [1.54, 1.807) is 12.1 Å². The quantitative estimate of drug-likeness (QED) is 0.460. The van der Waals surface area contributed by atoms with Crippen molar-refractivity contribution in [1.29, 1.82) is 0 Å². The van der Waals surface area contributed by atoms with Crippen LogP contribution < -0.4 is 14.2 Å². The molecule has 2 aliphatic heterocycles. The van der Waals surface area contributed by atoms with Crippen LogP contribution in [0.2, 0.25) is 0 Å². The first-order valence-electron chi connectivity index (χ1n) is 11.9. The smallest absolute Gasteiger partial charge is 0.231 e. The highest BCUT2D eigenvalue weighted by atomic mass is 19.1. The number of hydrogen-bond donors (Lipinski definition) is 0. The van der Waals surface area contributed by atoms with Gasteiger partial charge < -0.3 is 19.1 Å². The van der Waals surface area contributed by atoms with Crippen LogP contribution in [-0.4, -0.2) is 49.3 Å². The Morgan fingerprint density at radius 2 is 1.65 bits per heavy atom.